The average molecular weight is 331 g/mol. The van der Waals surface area contributed by atoms with Crippen LogP contribution in [0.2, 0.25) is 0 Å². The summed E-state index contributed by atoms with van der Waals surface area (Å²) in [5, 5.41) is 1.11. The van der Waals surface area contributed by atoms with E-state index >= 15 is 0 Å². The first kappa shape index (κ1) is 14.5. The first-order valence-electron chi connectivity index (χ1n) is 6.29. The number of nitrogens with one attached hydrogen (secondary N) is 1. The van der Waals surface area contributed by atoms with E-state index in [1.165, 1.54) is 0 Å². The van der Waals surface area contributed by atoms with Crippen molar-refractivity contribution in [1.82, 2.24) is 4.98 Å². The van der Waals surface area contributed by atoms with E-state index in [-0.39, 0.29) is 22.8 Å². The van der Waals surface area contributed by atoms with Crippen molar-refractivity contribution in [1.29, 1.82) is 0 Å². The van der Waals surface area contributed by atoms with Crippen molar-refractivity contribution in [3.8, 4) is 0 Å². The lowest BCUT2D eigenvalue weighted by Gasteiger charge is -2.02. The number of carbonyl (C=O) groups is 1. The minimum Gasteiger partial charge on any atom is -1.00 e. The van der Waals surface area contributed by atoms with Gasteiger partial charge in [0.25, 0.3) is 5.65 Å². The van der Waals surface area contributed by atoms with Gasteiger partial charge in [0, 0.05) is 5.56 Å². The van der Waals surface area contributed by atoms with Gasteiger partial charge in [-0.2, -0.15) is 0 Å². The van der Waals surface area contributed by atoms with Gasteiger partial charge in [0.05, 0.1) is 17.8 Å². The van der Waals surface area contributed by atoms with Crippen LogP contribution in [0.1, 0.15) is 15.9 Å². The molecule has 3 aromatic rings. The monoisotopic (exact) mass is 330 g/mol. The molecule has 0 saturated carbocycles. The fraction of sp³-hybridized carbons (Fsp3) is 0.125. The van der Waals surface area contributed by atoms with E-state index < -0.39 is 0 Å². The van der Waals surface area contributed by atoms with Gasteiger partial charge in [0.2, 0.25) is 5.78 Å². The SMILES string of the molecule is Cc1ccc(C(=O)C[n+]2cccc3cc[nH]c32)cc1.[Br-]. The summed E-state index contributed by atoms with van der Waals surface area (Å²) in [5.74, 6) is 0.118. The van der Waals surface area contributed by atoms with Crippen molar-refractivity contribution < 1.29 is 26.3 Å². The number of Topliss-reactive ketones (excluding diaryl/α,β-unsaturated/α-hetero) is 1. The fourth-order valence-electron chi connectivity index (χ4n) is 2.20. The summed E-state index contributed by atoms with van der Waals surface area (Å²) < 4.78 is 1.94. The molecule has 1 aromatic carbocycles. The van der Waals surface area contributed by atoms with Crippen molar-refractivity contribution in [3.05, 3.63) is 66.0 Å². The Morgan fingerprint density at radius 1 is 1.15 bits per heavy atom. The Bertz CT molecular complexity index is 732. The highest BCUT2D eigenvalue weighted by Gasteiger charge is 2.13. The van der Waals surface area contributed by atoms with Crippen LogP contribution in [0, 0.1) is 6.92 Å². The van der Waals surface area contributed by atoms with Crippen molar-refractivity contribution in [2.75, 3.05) is 0 Å². The highest BCUT2D eigenvalue weighted by Crippen LogP contribution is 2.08. The summed E-state index contributed by atoms with van der Waals surface area (Å²) in [6.07, 6.45) is 3.81. The highest BCUT2D eigenvalue weighted by atomic mass is 79.9. The summed E-state index contributed by atoms with van der Waals surface area (Å²) >= 11 is 0. The van der Waals surface area contributed by atoms with Crippen LogP contribution in [-0.2, 0) is 6.54 Å². The van der Waals surface area contributed by atoms with E-state index in [1.54, 1.807) is 0 Å². The number of hydrogen-bond donors (Lipinski definition) is 1. The maximum atomic E-state index is 12.3. The van der Waals surface area contributed by atoms with Gasteiger partial charge in [-0.1, -0.05) is 29.8 Å². The molecule has 0 unspecified atom stereocenters. The molecule has 0 atom stereocenters. The van der Waals surface area contributed by atoms with Crippen LogP contribution in [0.3, 0.4) is 0 Å². The largest absolute Gasteiger partial charge is 1.00 e. The fourth-order valence-corrected chi connectivity index (χ4v) is 2.20. The molecular weight excluding hydrogens is 316 g/mol. The van der Waals surface area contributed by atoms with Crippen LogP contribution in [-0.4, -0.2) is 10.8 Å². The Hall–Kier alpha value is -1.94. The molecule has 0 saturated heterocycles. The number of carbonyl (C=O) groups excluding carboxylic acids is 1. The molecule has 3 rings (SSSR count). The van der Waals surface area contributed by atoms with E-state index in [0.717, 1.165) is 22.2 Å². The van der Waals surface area contributed by atoms with Gasteiger partial charge >= 0.3 is 0 Å². The minimum atomic E-state index is 0. The van der Waals surface area contributed by atoms with Crippen LogP contribution in [0.5, 0.6) is 0 Å². The van der Waals surface area contributed by atoms with Gasteiger partial charge in [-0.25, -0.2) is 9.55 Å². The molecule has 3 nitrogen and oxygen atoms in total. The molecule has 0 aliphatic rings. The summed E-state index contributed by atoms with van der Waals surface area (Å²) in [5.41, 5.74) is 2.89. The Morgan fingerprint density at radius 2 is 1.90 bits per heavy atom. The lowest BCUT2D eigenvalue weighted by molar-refractivity contribution is -0.658. The Morgan fingerprint density at radius 3 is 2.65 bits per heavy atom. The normalized spacial score (nSPS) is 10.2. The molecule has 0 aliphatic carbocycles. The molecule has 0 radical (unpaired) electrons. The predicted molar refractivity (Wildman–Crippen MR) is 74.0 cm³/mol. The minimum absolute atomic E-state index is 0. The third kappa shape index (κ3) is 2.80. The number of fused-ring (bicyclic) bond motifs is 1. The average Bonchev–Trinajstić information content (AvgIpc) is 2.89. The smallest absolute Gasteiger partial charge is 0.286 e. The number of benzene rings is 1. The first-order chi connectivity index (χ1) is 9.24. The van der Waals surface area contributed by atoms with E-state index in [2.05, 4.69) is 4.98 Å². The number of halogens is 1. The number of aromatic nitrogens is 2. The third-order valence-electron chi connectivity index (χ3n) is 3.27. The number of aromatic amines is 1. The summed E-state index contributed by atoms with van der Waals surface area (Å²) in [6, 6.07) is 13.7. The predicted octanol–water partition coefficient (Wildman–Crippen LogP) is -0.349. The molecule has 2 aromatic heterocycles. The van der Waals surface area contributed by atoms with E-state index in [4.69, 9.17) is 0 Å². The molecule has 0 bridgehead atoms. The number of hydrogen-bond acceptors (Lipinski definition) is 1. The maximum Gasteiger partial charge on any atom is 0.286 e. The summed E-state index contributed by atoms with van der Waals surface area (Å²) in [7, 11) is 0. The molecule has 0 fully saturated rings. The molecule has 0 amide bonds. The topological polar surface area (TPSA) is 36.7 Å². The Balaban J connectivity index is 0.00000147. The van der Waals surface area contributed by atoms with Gasteiger partial charge in [0.1, 0.15) is 0 Å². The highest BCUT2D eigenvalue weighted by molar-refractivity contribution is 5.95. The zero-order chi connectivity index (χ0) is 13.2. The molecule has 4 heteroatoms. The van der Waals surface area contributed by atoms with Crippen LogP contribution in [0.25, 0.3) is 11.0 Å². The second-order valence-corrected chi connectivity index (χ2v) is 4.71. The van der Waals surface area contributed by atoms with Gasteiger partial charge in [-0.05, 0) is 25.1 Å². The summed E-state index contributed by atoms with van der Waals surface area (Å²) in [6.45, 7) is 2.36. The number of pyridine rings is 1. The number of aryl methyl sites for hydroxylation is 1. The number of H-pyrrole nitrogens is 1. The molecular formula is C16H15BrN2O. The number of nitrogens with zero attached hydrogens (tertiary/aromatic N) is 1. The summed E-state index contributed by atoms with van der Waals surface area (Å²) in [4.78, 5) is 15.4. The lowest BCUT2D eigenvalue weighted by Crippen LogP contribution is -3.00. The van der Waals surface area contributed by atoms with Crippen LogP contribution in [0.15, 0.2) is 54.9 Å². The van der Waals surface area contributed by atoms with Crippen LogP contribution in [0.4, 0.5) is 0 Å². The second-order valence-electron chi connectivity index (χ2n) is 4.71. The van der Waals surface area contributed by atoms with Gasteiger partial charge in [0.15, 0.2) is 6.54 Å². The molecule has 20 heavy (non-hydrogen) atoms. The molecule has 0 spiro atoms. The van der Waals surface area contributed by atoms with E-state index in [1.807, 2.05) is 66.3 Å². The molecule has 102 valence electrons. The van der Waals surface area contributed by atoms with Crippen LogP contribution < -0.4 is 21.5 Å². The second kappa shape index (κ2) is 6.01. The zero-order valence-electron chi connectivity index (χ0n) is 11.1. The zero-order valence-corrected chi connectivity index (χ0v) is 12.7. The first-order valence-corrected chi connectivity index (χ1v) is 6.29. The quantitative estimate of drug-likeness (QED) is 0.517. The van der Waals surface area contributed by atoms with Gasteiger partial charge in [-0.15, -0.1) is 0 Å². The third-order valence-corrected chi connectivity index (χ3v) is 3.27. The Labute approximate surface area is 128 Å². The van der Waals surface area contributed by atoms with Crippen molar-refractivity contribution in [3.63, 3.8) is 0 Å². The Kier molecular flexibility index (Phi) is 4.35. The van der Waals surface area contributed by atoms with Crippen molar-refractivity contribution >= 4 is 16.8 Å². The van der Waals surface area contributed by atoms with Crippen LogP contribution >= 0.6 is 0 Å². The number of rotatable bonds is 3. The molecule has 2 heterocycles. The van der Waals surface area contributed by atoms with E-state index in [9.17, 15) is 4.79 Å². The van der Waals surface area contributed by atoms with Gasteiger partial charge < -0.3 is 17.0 Å². The van der Waals surface area contributed by atoms with Crippen molar-refractivity contribution in [2.45, 2.75) is 13.5 Å². The lowest BCUT2D eigenvalue weighted by atomic mass is 10.1. The maximum absolute atomic E-state index is 12.3. The molecule has 0 aliphatic heterocycles. The number of ketones is 1. The van der Waals surface area contributed by atoms with Gasteiger partial charge in [-0.3, -0.25) is 4.79 Å². The van der Waals surface area contributed by atoms with Crippen molar-refractivity contribution in [2.24, 2.45) is 0 Å². The van der Waals surface area contributed by atoms with E-state index in [0.29, 0.717) is 6.54 Å². The standard InChI is InChI=1S/C16H14N2O.BrH/c1-12-4-6-13(7-5-12)15(19)11-18-10-2-3-14-8-9-17-16(14)18;/h2-10H,11H2,1H3;1H. The molecule has 1 N–H and O–H groups in total.